The maximum Gasteiger partial charge on any atom is 0.128 e. The molecule has 2 bridgehead atoms. The van der Waals surface area contributed by atoms with E-state index in [1.807, 2.05) is 19.2 Å². The number of pyridine rings is 1. The lowest BCUT2D eigenvalue weighted by Gasteiger charge is -2.28. The fourth-order valence-electron chi connectivity index (χ4n) is 3.97. The SMILES string of the molecule is CC(N)c1ccnc(N(C)CC2CC3CCC2C3)c1. The minimum Gasteiger partial charge on any atom is -0.359 e. The summed E-state index contributed by atoms with van der Waals surface area (Å²) in [6, 6.07) is 4.23. The van der Waals surface area contributed by atoms with Crippen LogP contribution < -0.4 is 10.6 Å². The normalized spacial score (nSPS) is 30.6. The Bertz CT molecular complexity index is 443. The van der Waals surface area contributed by atoms with Crippen molar-refractivity contribution in [3.05, 3.63) is 23.9 Å². The number of hydrogen-bond acceptors (Lipinski definition) is 3. The summed E-state index contributed by atoms with van der Waals surface area (Å²) in [5.74, 6) is 3.94. The van der Waals surface area contributed by atoms with E-state index in [-0.39, 0.29) is 6.04 Å². The Morgan fingerprint density at radius 3 is 2.89 bits per heavy atom. The van der Waals surface area contributed by atoms with Gasteiger partial charge in [-0.05, 0) is 61.6 Å². The van der Waals surface area contributed by atoms with Crippen LogP contribution in [0.1, 0.15) is 44.2 Å². The number of rotatable bonds is 4. The maximum absolute atomic E-state index is 5.95. The lowest BCUT2D eigenvalue weighted by Crippen LogP contribution is -2.29. The first-order valence-corrected chi connectivity index (χ1v) is 7.56. The molecule has 3 rings (SSSR count). The third-order valence-corrected chi connectivity index (χ3v) is 5.08. The maximum atomic E-state index is 5.95. The fourth-order valence-corrected chi connectivity index (χ4v) is 3.97. The molecule has 0 spiro atoms. The molecule has 0 saturated heterocycles. The number of fused-ring (bicyclic) bond motifs is 2. The molecule has 3 heteroatoms. The number of aromatic nitrogens is 1. The molecule has 1 heterocycles. The van der Waals surface area contributed by atoms with Crippen molar-refractivity contribution in [2.24, 2.45) is 23.5 Å². The lowest BCUT2D eigenvalue weighted by molar-refractivity contribution is 0.337. The lowest BCUT2D eigenvalue weighted by atomic mass is 9.88. The zero-order valence-electron chi connectivity index (χ0n) is 12.0. The van der Waals surface area contributed by atoms with Crippen molar-refractivity contribution in [2.75, 3.05) is 18.5 Å². The molecule has 2 N–H and O–H groups in total. The second-order valence-electron chi connectivity index (χ2n) is 6.55. The van der Waals surface area contributed by atoms with Gasteiger partial charge in [0.1, 0.15) is 5.82 Å². The van der Waals surface area contributed by atoms with E-state index in [9.17, 15) is 0 Å². The van der Waals surface area contributed by atoms with Gasteiger partial charge in [0, 0.05) is 25.8 Å². The number of anilines is 1. The van der Waals surface area contributed by atoms with Gasteiger partial charge in [-0.15, -0.1) is 0 Å². The summed E-state index contributed by atoms with van der Waals surface area (Å²) in [6.45, 7) is 3.17. The highest BCUT2D eigenvalue weighted by Crippen LogP contribution is 2.48. The van der Waals surface area contributed by atoms with Crippen LogP contribution in [0.2, 0.25) is 0 Å². The van der Waals surface area contributed by atoms with E-state index in [2.05, 4.69) is 23.0 Å². The van der Waals surface area contributed by atoms with Crippen molar-refractivity contribution in [2.45, 2.75) is 38.6 Å². The molecule has 1 aromatic rings. The largest absolute Gasteiger partial charge is 0.359 e. The van der Waals surface area contributed by atoms with Crippen LogP contribution in [-0.2, 0) is 0 Å². The number of nitrogens with zero attached hydrogens (tertiary/aromatic N) is 2. The third kappa shape index (κ3) is 2.62. The molecule has 0 aliphatic heterocycles. The molecule has 2 fully saturated rings. The van der Waals surface area contributed by atoms with Gasteiger partial charge in [-0.25, -0.2) is 4.98 Å². The zero-order chi connectivity index (χ0) is 13.4. The predicted molar refractivity (Wildman–Crippen MR) is 79.0 cm³/mol. The molecule has 104 valence electrons. The van der Waals surface area contributed by atoms with Crippen LogP contribution in [0.15, 0.2) is 18.3 Å². The molecule has 4 unspecified atom stereocenters. The second-order valence-corrected chi connectivity index (χ2v) is 6.55. The summed E-state index contributed by atoms with van der Waals surface area (Å²) in [6.07, 6.45) is 7.72. The highest BCUT2D eigenvalue weighted by Gasteiger charge is 2.39. The molecule has 0 radical (unpaired) electrons. The van der Waals surface area contributed by atoms with E-state index < -0.39 is 0 Å². The van der Waals surface area contributed by atoms with Gasteiger partial charge in [0.15, 0.2) is 0 Å². The summed E-state index contributed by atoms with van der Waals surface area (Å²) >= 11 is 0. The Hall–Kier alpha value is -1.09. The fraction of sp³-hybridized carbons (Fsp3) is 0.688. The molecule has 1 aromatic heterocycles. The van der Waals surface area contributed by atoms with Gasteiger partial charge in [-0.1, -0.05) is 6.42 Å². The van der Waals surface area contributed by atoms with Crippen LogP contribution in [0.25, 0.3) is 0 Å². The average Bonchev–Trinajstić information content (AvgIpc) is 3.01. The first kappa shape index (κ1) is 12.9. The van der Waals surface area contributed by atoms with Gasteiger partial charge in [0.2, 0.25) is 0 Å². The van der Waals surface area contributed by atoms with Gasteiger partial charge in [0.05, 0.1) is 0 Å². The minimum atomic E-state index is 0.0812. The summed E-state index contributed by atoms with van der Waals surface area (Å²) in [5.41, 5.74) is 7.12. The molecular weight excluding hydrogens is 234 g/mol. The predicted octanol–water partition coefficient (Wildman–Crippen LogP) is 2.97. The Balaban J connectivity index is 1.66. The second kappa shape index (κ2) is 5.12. The van der Waals surface area contributed by atoms with Crippen LogP contribution in [0, 0.1) is 17.8 Å². The van der Waals surface area contributed by atoms with Crippen molar-refractivity contribution in [3.8, 4) is 0 Å². The number of hydrogen-bond donors (Lipinski definition) is 1. The highest BCUT2D eigenvalue weighted by molar-refractivity contribution is 5.41. The van der Waals surface area contributed by atoms with Crippen LogP contribution in [0.5, 0.6) is 0 Å². The molecule has 2 saturated carbocycles. The van der Waals surface area contributed by atoms with E-state index in [1.54, 1.807) is 0 Å². The summed E-state index contributed by atoms with van der Waals surface area (Å²) in [4.78, 5) is 6.81. The number of nitrogens with two attached hydrogens (primary N) is 1. The standard InChI is InChI=1S/C16H25N3/c1-11(17)13-5-6-18-16(9-13)19(2)10-15-8-12-3-4-14(15)7-12/h5-6,9,11-12,14-15H,3-4,7-8,10,17H2,1-2H3. The first-order chi connectivity index (χ1) is 9.13. The van der Waals surface area contributed by atoms with Crippen LogP contribution in [0.3, 0.4) is 0 Å². The Morgan fingerprint density at radius 2 is 2.26 bits per heavy atom. The third-order valence-electron chi connectivity index (χ3n) is 5.08. The Labute approximate surface area is 116 Å². The van der Waals surface area contributed by atoms with Crippen LogP contribution >= 0.6 is 0 Å². The Morgan fingerprint density at radius 1 is 1.42 bits per heavy atom. The summed E-state index contributed by atoms with van der Waals surface area (Å²) in [5, 5.41) is 0. The minimum absolute atomic E-state index is 0.0812. The first-order valence-electron chi connectivity index (χ1n) is 7.56. The molecule has 4 atom stereocenters. The summed E-state index contributed by atoms with van der Waals surface area (Å²) < 4.78 is 0. The molecule has 19 heavy (non-hydrogen) atoms. The average molecular weight is 259 g/mol. The smallest absolute Gasteiger partial charge is 0.128 e. The molecule has 2 aliphatic carbocycles. The van der Waals surface area contributed by atoms with E-state index in [4.69, 9.17) is 5.73 Å². The van der Waals surface area contributed by atoms with Crippen molar-refractivity contribution >= 4 is 5.82 Å². The van der Waals surface area contributed by atoms with E-state index >= 15 is 0 Å². The van der Waals surface area contributed by atoms with Gasteiger partial charge >= 0.3 is 0 Å². The molecule has 2 aliphatic rings. The van der Waals surface area contributed by atoms with Gasteiger partial charge in [-0.3, -0.25) is 0 Å². The highest BCUT2D eigenvalue weighted by atomic mass is 15.2. The van der Waals surface area contributed by atoms with Gasteiger partial charge < -0.3 is 10.6 Å². The van der Waals surface area contributed by atoms with Crippen LogP contribution in [-0.4, -0.2) is 18.6 Å². The monoisotopic (exact) mass is 259 g/mol. The zero-order valence-corrected chi connectivity index (χ0v) is 12.0. The van der Waals surface area contributed by atoms with Crippen molar-refractivity contribution < 1.29 is 0 Å². The Kier molecular flexibility index (Phi) is 3.48. The molecule has 0 amide bonds. The van der Waals surface area contributed by atoms with Crippen molar-refractivity contribution in [3.63, 3.8) is 0 Å². The summed E-state index contributed by atoms with van der Waals surface area (Å²) in [7, 11) is 2.17. The van der Waals surface area contributed by atoms with E-state index in [1.165, 1.54) is 31.2 Å². The van der Waals surface area contributed by atoms with Gasteiger partial charge in [0.25, 0.3) is 0 Å². The topological polar surface area (TPSA) is 42.1 Å². The van der Waals surface area contributed by atoms with Crippen molar-refractivity contribution in [1.29, 1.82) is 0 Å². The van der Waals surface area contributed by atoms with E-state index in [0.29, 0.717) is 0 Å². The molecule has 3 nitrogen and oxygen atoms in total. The van der Waals surface area contributed by atoms with Crippen molar-refractivity contribution in [1.82, 2.24) is 4.98 Å². The molecular formula is C16H25N3. The van der Waals surface area contributed by atoms with Gasteiger partial charge in [-0.2, -0.15) is 0 Å². The van der Waals surface area contributed by atoms with E-state index in [0.717, 1.165) is 30.1 Å². The van der Waals surface area contributed by atoms with Crippen LogP contribution in [0.4, 0.5) is 5.82 Å². The molecule has 0 aromatic carbocycles. The quantitative estimate of drug-likeness (QED) is 0.904.